The van der Waals surface area contributed by atoms with Crippen LogP contribution < -0.4 is 14.2 Å². The first-order valence-corrected chi connectivity index (χ1v) is 4.42. The molecular weight excluding hydrogens is 210 g/mol. The summed E-state index contributed by atoms with van der Waals surface area (Å²) in [6.07, 6.45) is 0. The molecule has 0 N–H and O–H groups in total. The van der Waals surface area contributed by atoms with Crippen molar-refractivity contribution in [3.63, 3.8) is 0 Å². The smallest absolute Gasteiger partial charge is 0.269 e. The number of carbonyl (C=O) groups excluding carboxylic acids is 1. The summed E-state index contributed by atoms with van der Waals surface area (Å²) in [4.78, 5) is 11.4. The number of nitrogens with zero attached hydrogens (tertiary/aromatic N) is 1. The summed E-state index contributed by atoms with van der Waals surface area (Å²) >= 11 is 0. The molecule has 84 valence electrons. The topological polar surface area (TPSA) is 68.5 Å². The number of nitriles is 1. The third-order valence-electron chi connectivity index (χ3n) is 2.04. The van der Waals surface area contributed by atoms with Crippen molar-refractivity contribution in [1.29, 1.82) is 5.26 Å². The molecule has 5 heteroatoms. The number of hydrogen-bond acceptors (Lipinski definition) is 5. The zero-order valence-corrected chi connectivity index (χ0v) is 9.23. The van der Waals surface area contributed by atoms with Gasteiger partial charge in [-0.3, -0.25) is 4.79 Å². The average molecular weight is 221 g/mol. The van der Waals surface area contributed by atoms with E-state index in [4.69, 9.17) is 19.5 Å². The van der Waals surface area contributed by atoms with E-state index in [9.17, 15) is 4.79 Å². The molecule has 0 saturated heterocycles. The third-order valence-corrected chi connectivity index (χ3v) is 2.04. The van der Waals surface area contributed by atoms with Gasteiger partial charge in [0.1, 0.15) is 28.9 Å². The Balaban J connectivity index is 3.44. The molecule has 1 aromatic rings. The SMILES string of the molecule is COc1cc(OC)c(C(=O)C#N)c(OC)c1. The van der Waals surface area contributed by atoms with Gasteiger partial charge >= 0.3 is 0 Å². The van der Waals surface area contributed by atoms with Crippen LogP contribution in [0, 0.1) is 11.3 Å². The van der Waals surface area contributed by atoms with Gasteiger partial charge in [-0.25, -0.2) is 0 Å². The van der Waals surface area contributed by atoms with Crippen LogP contribution in [0.2, 0.25) is 0 Å². The summed E-state index contributed by atoms with van der Waals surface area (Å²) in [5, 5.41) is 8.61. The van der Waals surface area contributed by atoms with Crippen LogP contribution in [0.3, 0.4) is 0 Å². The highest BCUT2D eigenvalue weighted by atomic mass is 16.5. The fourth-order valence-electron chi connectivity index (χ4n) is 1.29. The maximum Gasteiger partial charge on any atom is 0.269 e. The van der Waals surface area contributed by atoms with E-state index in [0.717, 1.165) is 0 Å². The minimum atomic E-state index is -0.712. The number of ether oxygens (including phenoxy) is 3. The summed E-state index contributed by atoms with van der Waals surface area (Å²) in [5.74, 6) is 0.282. The summed E-state index contributed by atoms with van der Waals surface area (Å²) in [6.45, 7) is 0. The van der Waals surface area contributed by atoms with Crippen molar-refractivity contribution in [2.75, 3.05) is 21.3 Å². The van der Waals surface area contributed by atoms with Gasteiger partial charge in [0.15, 0.2) is 0 Å². The van der Waals surface area contributed by atoms with E-state index in [1.54, 1.807) is 0 Å². The van der Waals surface area contributed by atoms with Gasteiger partial charge in [0.05, 0.1) is 21.3 Å². The lowest BCUT2D eigenvalue weighted by atomic mass is 10.1. The first-order chi connectivity index (χ1) is 7.67. The van der Waals surface area contributed by atoms with Crippen molar-refractivity contribution in [3.05, 3.63) is 17.7 Å². The van der Waals surface area contributed by atoms with Gasteiger partial charge in [-0.05, 0) is 0 Å². The number of benzene rings is 1. The molecule has 0 aliphatic carbocycles. The zero-order valence-electron chi connectivity index (χ0n) is 9.23. The molecule has 1 aromatic carbocycles. The number of Topliss-reactive ketones (excluding diaryl/α,β-unsaturated/α-hetero) is 1. The molecule has 0 spiro atoms. The fourth-order valence-corrected chi connectivity index (χ4v) is 1.29. The lowest BCUT2D eigenvalue weighted by Crippen LogP contribution is -2.03. The summed E-state index contributed by atoms with van der Waals surface area (Å²) < 4.78 is 15.1. The van der Waals surface area contributed by atoms with Crippen LogP contribution in [0.15, 0.2) is 12.1 Å². The van der Waals surface area contributed by atoms with Gasteiger partial charge in [-0.1, -0.05) is 0 Å². The van der Waals surface area contributed by atoms with Crippen molar-refractivity contribution in [3.8, 4) is 23.3 Å². The van der Waals surface area contributed by atoms with Gasteiger partial charge < -0.3 is 14.2 Å². The van der Waals surface area contributed by atoms with Crippen LogP contribution in [0.25, 0.3) is 0 Å². The van der Waals surface area contributed by atoms with Crippen molar-refractivity contribution in [2.45, 2.75) is 0 Å². The molecule has 0 aliphatic heterocycles. The van der Waals surface area contributed by atoms with Gasteiger partial charge in [0.2, 0.25) is 0 Å². The highest BCUT2D eigenvalue weighted by Crippen LogP contribution is 2.34. The molecule has 0 fully saturated rings. The average Bonchev–Trinajstić information content (AvgIpc) is 2.35. The van der Waals surface area contributed by atoms with E-state index in [1.807, 2.05) is 0 Å². The van der Waals surface area contributed by atoms with E-state index in [2.05, 4.69) is 0 Å². The highest BCUT2D eigenvalue weighted by molar-refractivity contribution is 6.11. The summed E-state index contributed by atoms with van der Waals surface area (Å²) in [7, 11) is 4.30. The predicted molar refractivity (Wildman–Crippen MR) is 56.0 cm³/mol. The van der Waals surface area contributed by atoms with Gasteiger partial charge in [-0.2, -0.15) is 5.26 Å². The van der Waals surface area contributed by atoms with E-state index in [-0.39, 0.29) is 17.1 Å². The first-order valence-electron chi connectivity index (χ1n) is 4.42. The molecule has 0 saturated carbocycles. The van der Waals surface area contributed by atoms with E-state index in [1.165, 1.54) is 39.5 Å². The van der Waals surface area contributed by atoms with Gasteiger partial charge in [0.25, 0.3) is 5.78 Å². The van der Waals surface area contributed by atoms with Crippen LogP contribution in [0.5, 0.6) is 17.2 Å². The number of carbonyl (C=O) groups is 1. The Morgan fingerprint density at radius 3 is 1.94 bits per heavy atom. The molecule has 0 bridgehead atoms. The number of methoxy groups -OCH3 is 3. The number of ketones is 1. The Bertz CT molecular complexity index is 423. The maximum absolute atomic E-state index is 11.4. The molecule has 0 aromatic heterocycles. The maximum atomic E-state index is 11.4. The lowest BCUT2D eigenvalue weighted by Gasteiger charge is -2.11. The molecule has 1 rings (SSSR count). The van der Waals surface area contributed by atoms with Crippen LogP contribution in [0.4, 0.5) is 0 Å². The molecule has 0 amide bonds. The van der Waals surface area contributed by atoms with Crippen molar-refractivity contribution >= 4 is 5.78 Å². The Kier molecular flexibility index (Phi) is 3.72. The second-order valence-electron chi connectivity index (χ2n) is 2.85. The van der Waals surface area contributed by atoms with Crippen LogP contribution in [-0.4, -0.2) is 27.1 Å². The van der Waals surface area contributed by atoms with Crippen LogP contribution >= 0.6 is 0 Å². The largest absolute Gasteiger partial charge is 0.496 e. The van der Waals surface area contributed by atoms with Crippen LogP contribution in [0.1, 0.15) is 10.4 Å². The van der Waals surface area contributed by atoms with Crippen LogP contribution in [-0.2, 0) is 0 Å². The lowest BCUT2D eigenvalue weighted by molar-refractivity contribution is 0.104. The second-order valence-corrected chi connectivity index (χ2v) is 2.85. The Labute approximate surface area is 93.2 Å². The second kappa shape index (κ2) is 5.03. The standard InChI is InChI=1S/C11H11NO4/c1-14-7-4-9(15-2)11(8(13)6-12)10(5-7)16-3/h4-5H,1-3H3. The third kappa shape index (κ3) is 2.06. The summed E-state index contributed by atoms with van der Waals surface area (Å²) in [6, 6.07) is 4.57. The van der Waals surface area contributed by atoms with E-state index in [0.29, 0.717) is 5.75 Å². The molecule has 16 heavy (non-hydrogen) atoms. The Hall–Kier alpha value is -2.22. The number of rotatable bonds is 4. The first kappa shape index (κ1) is 11.9. The van der Waals surface area contributed by atoms with Crippen molar-refractivity contribution < 1.29 is 19.0 Å². The minimum Gasteiger partial charge on any atom is -0.496 e. The fraction of sp³-hybridized carbons (Fsp3) is 0.273. The molecular formula is C11H11NO4. The van der Waals surface area contributed by atoms with Gasteiger partial charge in [-0.15, -0.1) is 0 Å². The molecule has 0 aliphatic rings. The highest BCUT2D eigenvalue weighted by Gasteiger charge is 2.19. The predicted octanol–water partition coefficient (Wildman–Crippen LogP) is 1.42. The molecule has 5 nitrogen and oxygen atoms in total. The molecule has 0 unspecified atom stereocenters. The van der Waals surface area contributed by atoms with Crippen molar-refractivity contribution in [2.24, 2.45) is 0 Å². The van der Waals surface area contributed by atoms with Gasteiger partial charge in [0, 0.05) is 12.1 Å². The normalized spacial score (nSPS) is 9.12. The molecule has 0 radical (unpaired) electrons. The zero-order chi connectivity index (χ0) is 12.1. The Morgan fingerprint density at radius 2 is 1.62 bits per heavy atom. The Morgan fingerprint density at radius 1 is 1.12 bits per heavy atom. The quantitative estimate of drug-likeness (QED) is 0.568. The minimum absolute atomic E-state index is 0.105. The van der Waals surface area contributed by atoms with E-state index >= 15 is 0 Å². The van der Waals surface area contributed by atoms with Crippen molar-refractivity contribution in [1.82, 2.24) is 0 Å². The van der Waals surface area contributed by atoms with E-state index < -0.39 is 5.78 Å². The monoisotopic (exact) mass is 221 g/mol. The number of hydrogen-bond donors (Lipinski definition) is 0. The summed E-state index contributed by atoms with van der Waals surface area (Å²) in [5.41, 5.74) is 0.105. The molecule has 0 heterocycles. The molecule has 0 atom stereocenters.